The van der Waals surface area contributed by atoms with E-state index in [1.807, 2.05) is 0 Å². The zero-order valence-electron chi connectivity index (χ0n) is 25.2. The van der Waals surface area contributed by atoms with E-state index in [9.17, 15) is 28.8 Å². The number of primary amides is 4. The van der Waals surface area contributed by atoms with E-state index in [1.54, 1.807) is 60.7 Å². The second-order valence-electron chi connectivity index (χ2n) is 10.6. The molecule has 0 aliphatic heterocycles. The van der Waals surface area contributed by atoms with Gasteiger partial charge in [-0.25, -0.2) is 0 Å². The summed E-state index contributed by atoms with van der Waals surface area (Å²) in [4.78, 5) is 74.5. The van der Waals surface area contributed by atoms with E-state index in [2.05, 4.69) is 10.6 Å². The quantitative estimate of drug-likeness (QED) is 0.132. The van der Waals surface area contributed by atoms with Crippen LogP contribution in [0.2, 0.25) is 0 Å². The molecule has 0 aliphatic carbocycles. The number of hydrogen-bond acceptors (Lipinski definition) is 6. The summed E-state index contributed by atoms with van der Waals surface area (Å²) in [6, 6.07) is 27.7. The summed E-state index contributed by atoms with van der Waals surface area (Å²) in [7, 11) is 0. The molecule has 0 spiro atoms. The number of anilines is 2. The monoisotopic (exact) mass is 640 g/mol. The van der Waals surface area contributed by atoms with E-state index in [-0.39, 0.29) is 44.8 Å². The van der Waals surface area contributed by atoms with Crippen molar-refractivity contribution in [2.45, 2.75) is 0 Å². The molecule has 238 valence electrons. The standard InChI is InChI=1S/C36H28N6O6/c37-31(43)21-11-13-25(33(39)45)27(17-21)19-5-3-7-23(15-19)35(47)41-29-9-1-2-10-30(29)42-36(48)24-8-4-6-20(16-24)28-18-22(32(38)44)12-14-26(28)34(40)46/h1-18H,(H2,37,43)(H2,38,44)(H2,39,45)(H2,40,46)(H,41,47)(H,42,48). The number of para-hydroxylation sites is 2. The Morgan fingerprint density at radius 3 is 1.15 bits per heavy atom. The first-order valence-corrected chi connectivity index (χ1v) is 14.3. The SMILES string of the molecule is NC(=O)c1ccc(C(N)=O)c(-c2cccc(C(=O)Nc3ccccc3NC(=O)c3cccc(-c4cc(C(N)=O)ccc4C(N)=O)c3)c2)c1. The molecule has 0 saturated carbocycles. The van der Waals surface area contributed by atoms with Crippen LogP contribution in [0, 0.1) is 0 Å². The maximum absolute atomic E-state index is 13.4. The van der Waals surface area contributed by atoms with Gasteiger partial charge in [-0.15, -0.1) is 0 Å². The van der Waals surface area contributed by atoms with Crippen molar-refractivity contribution in [1.29, 1.82) is 0 Å². The van der Waals surface area contributed by atoms with Crippen LogP contribution in [0.1, 0.15) is 62.1 Å². The Kier molecular flexibility index (Phi) is 9.09. The van der Waals surface area contributed by atoms with Crippen LogP contribution in [0.4, 0.5) is 11.4 Å². The first-order valence-electron chi connectivity index (χ1n) is 14.3. The minimum Gasteiger partial charge on any atom is -0.366 e. The normalized spacial score (nSPS) is 10.5. The van der Waals surface area contributed by atoms with Gasteiger partial charge in [0.05, 0.1) is 11.4 Å². The van der Waals surface area contributed by atoms with Crippen LogP contribution >= 0.6 is 0 Å². The number of hydrogen-bond donors (Lipinski definition) is 6. The van der Waals surface area contributed by atoms with Crippen LogP contribution in [0.3, 0.4) is 0 Å². The fourth-order valence-corrected chi connectivity index (χ4v) is 5.05. The minimum absolute atomic E-state index is 0.140. The molecule has 10 N–H and O–H groups in total. The van der Waals surface area contributed by atoms with Crippen LogP contribution in [0.5, 0.6) is 0 Å². The summed E-state index contributed by atoms with van der Waals surface area (Å²) in [5, 5.41) is 5.58. The third-order valence-electron chi connectivity index (χ3n) is 7.43. The summed E-state index contributed by atoms with van der Waals surface area (Å²) in [5.74, 6) is -3.89. The van der Waals surface area contributed by atoms with E-state index < -0.39 is 35.4 Å². The number of carbonyl (C=O) groups is 6. The van der Waals surface area contributed by atoms with Crippen LogP contribution in [0.15, 0.2) is 109 Å². The molecule has 6 amide bonds. The van der Waals surface area contributed by atoms with Crippen molar-refractivity contribution in [3.05, 3.63) is 143 Å². The molecule has 0 bridgehead atoms. The highest BCUT2D eigenvalue weighted by Crippen LogP contribution is 2.29. The third kappa shape index (κ3) is 6.92. The Labute approximate surface area is 273 Å². The van der Waals surface area contributed by atoms with Crippen molar-refractivity contribution >= 4 is 46.8 Å². The summed E-state index contributed by atoms with van der Waals surface area (Å²) in [5.41, 5.74) is 25.1. The number of nitrogens with two attached hydrogens (primary N) is 4. The van der Waals surface area contributed by atoms with Gasteiger partial charge in [-0.1, -0.05) is 36.4 Å². The van der Waals surface area contributed by atoms with Crippen molar-refractivity contribution in [3.8, 4) is 22.3 Å². The zero-order chi connectivity index (χ0) is 34.5. The molecule has 5 aromatic carbocycles. The van der Waals surface area contributed by atoms with Gasteiger partial charge in [0.1, 0.15) is 0 Å². The van der Waals surface area contributed by atoms with E-state index in [1.165, 1.54) is 48.5 Å². The van der Waals surface area contributed by atoms with Crippen molar-refractivity contribution in [3.63, 3.8) is 0 Å². The van der Waals surface area contributed by atoms with Gasteiger partial charge in [-0.2, -0.15) is 0 Å². The fraction of sp³-hybridized carbons (Fsp3) is 0. The minimum atomic E-state index is -0.724. The zero-order valence-corrected chi connectivity index (χ0v) is 25.2. The molecule has 0 heterocycles. The molecule has 5 rings (SSSR count). The second kappa shape index (κ2) is 13.5. The Morgan fingerprint density at radius 2 is 0.792 bits per heavy atom. The molecular weight excluding hydrogens is 612 g/mol. The maximum atomic E-state index is 13.4. The van der Waals surface area contributed by atoms with Crippen LogP contribution < -0.4 is 33.6 Å². The first kappa shape index (κ1) is 32.3. The van der Waals surface area contributed by atoms with Crippen LogP contribution in [-0.2, 0) is 0 Å². The smallest absolute Gasteiger partial charge is 0.255 e. The van der Waals surface area contributed by atoms with E-state index >= 15 is 0 Å². The van der Waals surface area contributed by atoms with Gasteiger partial charge in [-0.3, -0.25) is 28.8 Å². The molecule has 0 fully saturated rings. The molecule has 0 aliphatic rings. The number of carbonyl (C=O) groups excluding carboxylic acids is 6. The predicted molar refractivity (Wildman–Crippen MR) is 180 cm³/mol. The highest BCUT2D eigenvalue weighted by atomic mass is 16.2. The molecule has 48 heavy (non-hydrogen) atoms. The Bertz CT molecular complexity index is 2010. The Morgan fingerprint density at radius 1 is 0.396 bits per heavy atom. The highest BCUT2D eigenvalue weighted by molar-refractivity contribution is 6.11. The lowest BCUT2D eigenvalue weighted by Gasteiger charge is -2.14. The van der Waals surface area contributed by atoms with Crippen LogP contribution in [-0.4, -0.2) is 35.4 Å². The van der Waals surface area contributed by atoms with E-state index in [0.717, 1.165) is 0 Å². The summed E-state index contributed by atoms with van der Waals surface area (Å²) in [6.45, 7) is 0. The van der Waals surface area contributed by atoms with Crippen molar-refractivity contribution in [2.75, 3.05) is 10.6 Å². The number of nitrogens with one attached hydrogen (secondary N) is 2. The average molecular weight is 641 g/mol. The lowest BCUT2D eigenvalue weighted by Crippen LogP contribution is -2.17. The maximum Gasteiger partial charge on any atom is 0.255 e. The molecular formula is C36H28N6O6. The molecule has 5 aromatic rings. The Balaban J connectivity index is 1.40. The molecule has 0 unspecified atom stereocenters. The van der Waals surface area contributed by atoms with Gasteiger partial charge in [0.2, 0.25) is 23.6 Å². The largest absolute Gasteiger partial charge is 0.366 e. The third-order valence-corrected chi connectivity index (χ3v) is 7.43. The molecule has 0 saturated heterocycles. The fourth-order valence-electron chi connectivity index (χ4n) is 5.05. The Hall–Kier alpha value is -7.08. The summed E-state index contributed by atoms with van der Waals surface area (Å²) < 4.78 is 0. The number of rotatable bonds is 10. The predicted octanol–water partition coefficient (Wildman–Crippen LogP) is 3.92. The second-order valence-corrected chi connectivity index (χ2v) is 10.6. The topological polar surface area (TPSA) is 231 Å². The van der Waals surface area contributed by atoms with Crippen molar-refractivity contribution < 1.29 is 28.8 Å². The van der Waals surface area contributed by atoms with Crippen molar-refractivity contribution in [1.82, 2.24) is 0 Å². The van der Waals surface area contributed by atoms with E-state index in [4.69, 9.17) is 22.9 Å². The molecule has 12 heteroatoms. The van der Waals surface area contributed by atoms with Gasteiger partial charge in [0.15, 0.2) is 0 Å². The van der Waals surface area contributed by atoms with Crippen LogP contribution in [0.25, 0.3) is 22.3 Å². The van der Waals surface area contributed by atoms with Gasteiger partial charge in [0, 0.05) is 33.4 Å². The van der Waals surface area contributed by atoms with Crippen molar-refractivity contribution in [2.24, 2.45) is 22.9 Å². The lowest BCUT2D eigenvalue weighted by atomic mass is 9.95. The molecule has 12 nitrogen and oxygen atoms in total. The van der Waals surface area contributed by atoms with Gasteiger partial charge < -0.3 is 33.6 Å². The summed E-state index contributed by atoms with van der Waals surface area (Å²) >= 11 is 0. The number of amides is 6. The van der Waals surface area contributed by atoms with Gasteiger partial charge in [-0.05, 0) is 95.1 Å². The molecule has 0 aromatic heterocycles. The van der Waals surface area contributed by atoms with E-state index in [0.29, 0.717) is 22.3 Å². The first-order chi connectivity index (χ1) is 22.9. The number of benzene rings is 5. The average Bonchev–Trinajstić information content (AvgIpc) is 3.08. The highest BCUT2D eigenvalue weighted by Gasteiger charge is 2.18. The molecule has 0 radical (unpaired) electrons. The lowest BCUT2D eigenvalue weighted by molar-refractivity contribution is 0.0988. The molecule has 0 atom stereocenters. The van der Waals surface area contributed by atoms with Gasteiger partial charge >= 0.3 is 0 Å². The van der Waals surface area contributed by atoms with Gasteiger partial charge in [0.25, 0.3) is 11.8 Å². The summed E-state index contributed by atoms with van der Waals surface area (Å²) in [6.07, 6.45) is 0.